The molecule has 3 unspecified atom stereocenters. The van der Waals surface area contributed by atoms with E-state index in [1.54, 1.807) is 0 Å². The highest BCUT2D eigenvalue weighted by Crippen LogP contribution is 2.31. The van der Waals surface area contributed by atoms with E-state index in [0.717, 1.165) is 18.3 Å². The third kappa shape index (κ3) is 3.53. The average Bonchev–Trinajstić information content (AvgIpc) is 2.37. The summed E-state index contributed by atoms with van der Waals surface area (Å²) in [6, 6.07) is 6.79. The van der Waals surface area contributed by atoms with Crippen LogP contribution >= 0.6 is 0 Å². The second kappa shape index (κ2) is 6.15. The van der Waals surface area contributed by atoms with Crippen LogP contribution in [-0.4, -0.2) is 18.1 Å². The molecule has 1 aliphatic rings. The van der Waals surface area contributed by atoms with Gasteiger partial charge in [-0.2, -0.15) is 0 Å². The summed E-state index contributed by atoms with van der Waals surface area (Å²) in [6.07, 6.45) is 8.52. The van der Waals surface area contributed by atoms with Crippen molar-refractivity contribution in [3.8, 4) is 0 Å². The molecular formula is C15H24N2. The molecule has 94 valence electrons. The number of pyridine rings is 1. The van der Waals surface area contributed by atoms with Crippen molar-refractivity contribution in [3.63, 3.8) is 0 Å². The van der Waals surface area contributed by atoms with Gasteiger partial charge in [0.1, 0.15) is 0 Å². The van der Waals surface area contributed by atoms with E-state index >= 15 is 0 Å². The normalized spacial score (nSPS) is 26.7. The highest BCUT2D eigenvalue weighted by Gasteiger charge is 2.25. The fourth-order valence-electron chi connectivity index (χ4n) is 3.10. The van der Waals surface area contributed by atoms with E-state index in [4.69, 9.17) is 0 Å². The zero-order chi connectivity index (χ0) is 12.1. The highest BCUT2D eigenvalue weighted by atomic mass is 14.9. The van der Waals surface area contributed by atoms with Crippen LogP contribution in [0, 0.1) is 11.8 Å². The predicted molar refractivity (Wildman–Crippen MR) is 71.9 cm³/mol. The second-order valence-electron chi connectivity index (χ2n) is 5.45. The van der Waals surface area contributed by atoms with Crippen molar-refractivity contribution in [2.45, 2.75) is 45.1 Å². The molecule has 1 aliphatic carbocycles. The van der Waals surface area contributed by atoms with Crippen molar-refractivity contribution >= 4 is 0 Å². The van der Waals surface area contributed by atoms with Crippen LogP contribution in [0.15, 0.2) is 24.4 Å². The third-order valence-corrected chi connectivity index (χ3v) is 4.07. The van der Waals surface area contributed by atoms with Gasteiger partial charge in [0.25, 0.3) is 0 Å². The maximum Gasteiger partial charge on any atom is 0.0419 e. The molecule has 0 amide bonds. The molecule has 1 N–H and O–H groups in total. The second-order valence-corrected chi connectivity index (χ2v) is 5.45. The first-order valence-electron chi connectivity index (χ1n) is 6.86. The summed E-state index contributed by atoms with van der Waals surface area (Å²) in [5.74, 6) is 1.72. The fourth-order valence-corrected chi connectivity index (χ4v) is 3.10. The number of hydrogen-bond donors (Lipinski definition) is 1. The van der Waals surface area contributed by atoms with E-state index < -0.39 is 0 Å². The Morgan fingerprint density at radius 2 is 2.29 bits per heavy atom. The Kier molecular flexibility index (Phi) is 4.55. The minimum atomic E-state index is 0.590. The lowest BCUT2D eigenvalue weighted by atomic mass is 9.77. The molecule has 17 heavy (non-hydrogen) atoms. The van der Waals surface area contributed by atoms with Gasteiger partial charge in [-0.25, -0.2) is 0 Å². The van der Waals surface area contributed by atoms with Crippen LogP contribution in [0.4, 0.5) is 0 Å². The Bertz CT molecular complexity index is 323. The molecule has 1 heterocycles. The van der Waals surface area contributed by atoms with Gasteiger partial charge in [0.15, 0.2) is 0 Å². The van der Waals surface area contributed by atoms with Crippen LogP contribution in [0.3, 0.4) is 0 Å². The van der Waals surface area contributed by atoms with Crippen LogP contribution in [0.1, 0.15) is 38.3 Å². The van der Waals surface area contributed by atoms with E-state index in [1.165, 1.54) is 31.4 Å². The van der Waals surface area contributed by atoms with Gasteiger partial charge < -0.3 is 5.32 Å². The molecule has 0 spiro atoms. The fraction of sp³-hybridized carbons (Fsp3) is 0.667. The lowest BCUT2D eigenvalue weighted by Gasteiger charge is -2.33. The summed E-state index contributed by atoms with van der Waals surface area (Å²) in [5.41, 5.74) is 1.21. The van der Waals surface area contributed by atoms with Crippen LogP contribution in [0.2, 0.25) is 0 Å². The van der Waals surface area contributed by atoms with Crippen LogP contribution in [-0.2, 0) is 6.42 Å². The zero-order valence-corrected chi connectivity index (χ0v) is 11.0. The summed E-state index contributed by atoms with van der Waals surface area (Å²) in [4.78, 5) is 4.44. The first kappa shape index (κ1) is 12.6. The number of nitrogens with one attached hydrogen (secondary N) is 1. The van der Waals surface area contributed by atoms with Crippen LogP contribution in [0.5, 0.6) is 0 Å². The Balaban J connectivity index is 1.96. The number of likely N-dealkylation sites (N-methyl/N-ethyl adjacent to an activating group) is 1. The number of nitrogens with zero attached hydrogens (tertiary/aromatic N) is 1. The Morgan fingerprint density at radius 1 is 1.41 bits per heavy atom. The summed E-state index contributed by atoms with van der Waals surface area (Å²) in [6.45, 7) is 2.39. The smallest absolute Gasteiger partial charge is 0.0419 e. The van der Waals surface area contributed by atoms with Crippen LogP contribution in [0.25, 0.3) is 0 Å². The van der Waals surface area contributed by atoms with E-state index in [9.17, 15) is 0 Å². The van der Waals surface area contributed by atoms with Gasteiger partial charge >= 0.3 is 0 Å². The van der Waals surface area contributed by atoms with Crippen molar-refractivity contribution in [1.82, 2.24) is 10.3 Å². The van der Waals surface area contributed by atoms with E-state index in [2.05, 4.69) is 36.4 Å². The molecule has 1 aromatic heterocycles. The summed E-state index contributed by atoms with van der Waals surface area (Å²) < 4.78 is 0. The largest absolute Gasteiger partial charge is 0.316 e. The van der Waals surface area contributed by atoms with E-state index in [1.807, 2.05) is 12.3 Å². The molecule has 0 aliphatic heterocycles. The van der Waals surface area contributed by atoms with E-state index in [0.29, 0.717) is 6.04 Å². The van der Waals surface area contributed by atoms with Crippen molar-refractivity contribution in [3.05, 3.63) is 30.1 Å². The molecule has 2 rings (SSSR count). The van der Waals surface area contributed by atoms with Crippen molar-refractivity contribution < 1.29 is 0 Å². The van der Waals surface area contributed by atoms with E-state index in [-0.39, 0.29) is 0 Å². The van der Waals surface area contributed by atoms with Crippen LogP contribution < -0.4 is 5.32 Å². The number of rotatable bonds is 4. The topological polar surface area (TPSA) is 24.9 Å². The molecule has 2 nitrogen and oxygen atoms in total. The zero-order valence-electron chi connectivity index (χ0n) is 11.0. The minimum absolute atomic E-state index is 0.590. The average molecular weight is 232 g/mol. The first-order chi connectivity index (χ1) is 8.29. The summed E-state index contributed by atoms with van der Waals surface area (Å²) in [5, 5.41) is 3.50. The third-order valence-electron chi connectivity index (χ3n) is 4.07. The van der Waals surface area contributed by atoms with Gasteiger partial charge in [0, 0.05) is 24.4 Å². The monoisotopic (exact) mass is 232 g/mol. The van der Waals surface area contributed by atoms with Crippen molar-refractivity contribution in [1.29, 1.82) is 0 Å². The molecular weight excluding hydrogens is 208 g/mol. The molecule has 2 heteroatoms. The van der Waals surface area contributed by atoms with Gasteiger partial charge in [0.05, 0.1) is 0 Å². The number of hydrogen-bond acceptors (Lipinski definition) is 2. The molecule has 0 saturated heterocycles. The first-order valence-corrected chi connectivity index (χ1v) is 6.86. The lowest BCUT2D eigenvalue weighted by molar-refractivity contribution is 0.226. The molecule has 1 saturated carbocycles. The molecule has 0 aromatic carbocycles. The van der Waals surface area contributed by atoms with Gasteiger partial charge in [-0.1, -0.05) is 25.8 Å². The highest BCUT2D eigenvalue weighted by molar-refractivity contribution is 5.06. The quantitative estimate of drug-likeness (QED) is 0.863. The Labute approximate surface area is 105 Å². The van der Waals surface area contributed by atoms with Gasteiger partial charge in [-0.15, -0.1) is 0 Å². The van der Waals surface area contributed by atoms with Gasteiger partial charge in [-0.3, -0.25) is 4.98 Å². The Hall–Kier alpha value is -0.890. The molecule has 0 radical (unpaired) electrons. The SMILES string of the molecule is CNC(Cc1ccccn1)C1CCCC(C)C1. The summed E-state index contributed by atoms with van der Waals surface area (Å²) >= 11 is 0. The van der Waals surface area contributed by atoms with Gasteiger partial charge in [-0.05, 0) is 43.9 Å². The maximum absolute atomic E-state index is 4.44. The van der Waals surface area contributed by atoms with Crippen molar-refractivity contribution in [2.24, 2.45) is 11.8 Å². The standard InChI is InChI=1S/C15H24N2/c1-12-6-5-7-13(10-12)15(16-2)11-14-8-3-4-9-17-14/h3-4,8-9,12-13,15-16H,5-7,10-11H2,1-2H3. The molecule has 1 fully saturated rings. The molecule has 0 bridgehead atoms. The minimum Gasteiger partial charge on any atom is -0.316 e. The Morgan fingerprint density at radius 3 is 2.94 bits per heavy atom. The molecule has 1 aromatic rings. The molecule has 3 atom stereocenters. The number of aromatic nitrogens is 1. The maximum atomic E-state index is 4.44. The summed E-state index contributed by atoms with van der Waals surface area (Å²) in [7, 11) is 2.09. The lowest BCUT2D eigenvalue weighted by Crippen LogP contribution is -2.38. The van der Waals surface area contributed by atoms with Gasteiger partial charge in [0.2, 0.25) is 0 Å². The van der Waals surface area contributed by atoms with Crippen molar-refractivity contribution in [2.75, 3.05) is 7.05 Å². The predicted octanol–water partition coefficient (Wildman–Crippen LogP) is 3.04.